The van der Waals surface area contributed by atoms with Gasteiger partial charge in [0.15, 0.2) is 5.82 Å². The minimum Gasteiger partial charge on any atom is -0.383 e. The molecule has 5 aromatic rings. The summed E-state index contributed by atoms with van der Waals surface area (Å²) >= 11 is 0. The molecule has 0 aliphatic heterocycles. The fourth-order valence-electron chi connectivity index (χ4n) is 4.60. The van der Waals surface area contributed by atoms with Crippen LogP contribution >= 0.6 is 0 Å². The number of sulfonamides is 1. The van der Waals surface area contributed by atoms with Gasteiger partial charge >= 0.3 is 0 Å². The Bertz CT molecular complexity index is 1860. The third kappa shape index (κ3) is 5.18. The van der Waals surface area contributed by atoms with E-state index in [9.17, 15) is 13.2 Å². The number of nitrogens with zero attached hydrogens (tertiary/aromatic N) is 5. The summed E-state index contributed by atoms with van der Waals surface area (Å²) in [6.07, 6.45) is 4.19. The van der Waals surface area contributed by atoms with Crippen LogP contribution in [0.4, 0.5) is 17.3 Å². The average Bonchev–Trinajstić information content (AvgIpc) is 3.24. The van der Waals surface area contributed by atoms with Gasteiger partial charge in [-0.15, -0.1) is 0 Å². The molecule has 1 atom stereocenters. The number of nitrogens with one attached hydrogen (secondary N) is 2. The van der Waals surface area contributed by atoms with Gasteiger partial charge in [0, 0.05) is 11.9 Å². The SMILES string of the molecule is Cc1cc(NS(C)(=O)=O)cc(-c2c(N)ncnc2NC(C)c2nn3ccc(C)c3c(=O)n2-c2ccccc2)c1. The molecule has 2 aromatic carbocycles. The van der Waals surface area contributed by atoms with E-state index < -0.39 is 16.1 Å². The van der Waals surface area contributed by atoms with Crippen LogP contribution in [-0.2, 0) is 10.0 Å². The number of hydrogen-bond acceptors (Lipinski definition) is 8. The summed E-state index contributed by atoms with van der Waals surface area (Å²) in [5, 5.41) is 8.15. The molecule has 0 saturated heterocycles. The van der Waals surface area contributed by atoms with Crippen LogP contribution in [0.2, 0.25) is 0 Å². The van der Waals surface area contributed by atoms with Crippen LogP contribution in [0.25, 0.3) is 22.3 Å². The number of aryl methyl sites for hydroxylation is 2. The van der Waals surface area contributed by atoms with Gasteiger partial charge in [0.2, 0.25) is 10.0 Å². The van der Waals surface area contributed by atoms with E-state index in [0.29, 0.717) is 39.7 Å². The van der Waals surface area contributed by atoms with E-state index in [2.05, 4.69) is 20.0 Å². The van der Waals surface area contributed by atoms with Gasteiger partial charge in [-0.1, -0.05) is 24.3 Å². The van der Waals surface area contributed by atoms with Gasteiger partial charge in [-0.2, -0.15) is 5.10 Å². The predicted molar refractivity (Wildman–Crippen MR) is 153 cm³/mol. The lowest BCUT2D eigenvalue weighted by molar-refractivity contribution is 0.607. The van der Waals surface area contributed by atoms with Crippen LogP contribution in [0, 0.1) is 13.8 Å². The molecule has 12 heteroatoms. The molecule has 4 N–H and O–H groups in total. The molecule has 0 amide bonds. The zero-order chi connectivity index (χ0) is 27.9. The number of nitrogen functional groups attached to an aromatic ring is 1. The highest BCUT2D eigenvalue weighted by atomic mass is 32.2. The first-order chi connectivity index (χ1) is 18.5. The fraction of sp³-hybridized carbons (Fsp3) is 0.185. The summed E-state index contributed by atoms with van der Waals surface area (Å²) in [5.74, 6) is 1.07. The lowest BCUT2D eigenvalue weighted by atomic mass is 10.0. The lowest BCUT2D eigenvalue weighted by Gasteiger charge is -2.21. The Morgan fingerprint density at radius 1 is 1.03 bits per heavy atom. The molecule has 0 aliphatic rings. The van der Waals surface area contributed by atoms with Gasteiger partial charge < -0.3 is 11.1 Å². The number of hydrogen-bond donors (Lipinski definition) is 3. The van der Waals surface area contributed by atoms with Crippen molar-refractivity contribution in [2.24, 2.45) is 0 Å². The normalized spacial score (nSPS) is 12.4. The second-order valence-electron chi connectivity index (χ2n) is 9.44. The third-order valence-electron chi connectivity index (χ3n) is 6.21. The first-order valence-electron chi connectivity index (χ1n) is 12.1. The molecule has 0 saturated carbocycles. The van der Waals surface area contributed by atoms with E-state index in [1.165, 1.54) is 6.33 Å². The first-order valence-corrected chi connectivity index (χ1v) is 14.0. The van der Waals surface area contributed by atoms with Gasteiger partial charge in [-0.25, -0.2) is 22.9 Å². The van der Waals surface area contributed by atoms with Gasteiger partial charge in [0.1, 0.15) is 23.5 Å². The summed E-state index contributed by atoms with van der Waals surface area (Å²) in [6, 6.07) is 15.9. The Labute approximate surface area is 225 Å². The molecule has 200 valence electrons. The molecular weight excluding hydrogens is 516 g/mol. The largest absolute Gasteiger partial charge is 0.383 e. The highest BCUT2D eigenvalue weighted by Crippen LogP contribution is 2.35. The average molecular weight is 545 g/mol. The lowest BCUT2D eigenvalue weighted by Crippen LogP contribution is -2.29. The number of benzene rings is 2. The fourth-order valence-corrected chi connectivity index (χ4v) is 5.15. The molecule has 5 rings (SSSR count). The van der Waals surface area contributed by atoms with Crippen molar-refractivity contribution in [3.63, 3.8) is 0 Å². The van der Waals surface area contributed by atoms with Crippen LogP contribution in [0.15, 0.2) is 71.9 Å². The zero-order valence-corrected chi connectivity index (χ0v) is 22.7. The number of rotatable bonds is 7. The summed E-state index contributed by atoms with van der Waals surface area (Å²) in [5.41, 5.74) is 10.4. The molecular formula is C27H28N8O3S. The van der Waals surface area contributed by atoms with E-state index in [1.54, 1.807) is 27.4 Å². The van der Waals surface area contributed by atoms with Crippen molar-refractivity contribution in [2.75, 3.05) is 22.0 Å². The quantitative estimate of drug-likeness (QED) is 0.281. The number of fused-ring (bicyclic) bond motifs is 1. The highest BCUT2D eigenvalue weighted by molar-refractivity contribution is 7.92. The number of aromatic nitrogens is 5. The van der Waals surface area contributed by atoms with Crippen LogP contribution in [0.5, 0.6) is 0 Å². The Balaban J connectivity index is 1.63. The number of nitrogens with two attached hydrogens (primary N) is 1. The maximum Gasteiger partial charge on any atom is 0.282 e. The summed E-state index contributed by atoms with van der Waals surface area (Å²) in [6.45, 7) is 5.60. The third-order valence-corrected chi connectivity index (χ3v) is 6.82. The van der Waals surface area contributed by atoms with Crippen LogP contribution in [0.3, 0.4) is 0 Å². The molecule has 3 heterocycles. The predicted octanol–water partition coefficient (Wildman–Crippen LogP) is 3.69. The van der Waals surface area contributed by atoms with Gasteiger partial charge in [-0.05, 0) is 67.8 Å². The minimum atomic E-state index is -3.49. The van der Waals surface area contributed by atoms with E-state index in [0.717, 1.165) is 17.4 Å². The Morgan fingerprint density at radius 2 is 1.77 bits per heavy atom. The van der Waals surface area contributed by atoms with Crippen molar-refractivity contribution < 1.29 is 8.42 Å². The first kappa shape index (κ1) is 25.9. The van der Waals surface area contributed by atoms with Crippen LogP contribution < -0.4 is 21.3 Å². The van der Waals surface area contributed by atoms with E-state index in [4.69, 9.17) is 10.8 Å². The van der Waals surface area contributed by atoms with Crippen molar-refractivity contribution in [1.82, 2.24) is 24.1 Å². The standard InChI is InChI=1S/C27H28N8O3S/c1-16-12-19(14-20(13-16)33-39(4,37)38)22-24(28)29-15-30-25(22)31-18(3)26-32-34-11-10-17(2)23(34)27(36)35(26)21-8-6-5-7-9-21/h5-15,18,33H,1-4H3,(H3,28,29,30,31). The summed E-state index contributed by atoms with van der Waals surface area (Å²) in [4.78, 5) is 22.3. The molecule has 39 heavy (non-hydrogen) atoms. The smallest absolute Gasteiger partial charge is 0.282 e. The summed E-state index contributed by atoms with van der Waals surface area (Å²) < 4.78 is 29.4. The maximum absolute atomic E-state index is 13.7. The Morgan fingerprint density at radius 3 is 2.49 bits per heavy atom. The van der Waals surface area contributed by atoms with Gasteiger partial charge in [0.25, 0.3) is 5.56 Å². The van der Waals surface area contributed by atoms with Gasteiger partial charge in [0.05, 0.1) is 23.5 Å². The summed E-state index contributed by atoms with van der Waals surface area (Å²) in [7, 11) is -3.49. The molecule has 0 spiro atoms. The van der Waals surface area contributed by atoms with E-state index in [-0.39, 0.29) is 11.4 Å². The number of anilines is 3. The minimum absolute atomic E-state index is 0.194. The van der Waals surface area contributed by atoms with Crippen molar-refractivity contribution in [3.05, 3.63) is 94.4 Å². The second-order valence-corrected chi connectivity index (χ2v) is 11.2. The van der Waals surface area contributed by atoms with Crippen molar-refractivity contribution in [1.29, 1.82) is 0 Å². The number of para-hydroxylation sites is 1. The molecule has 3 aromatic heterocycles. The molecule has 11 nitrogen and oxygen atoms in total. The van der Waals surface area contributed by atoms with Crippen molar-refractivity contribution in [3.8, 4) is 16.8 Å². The van der Waals surface area contributed by atoms with Crippen molar-refractivity contribution in [2.45, 2.75) is 26.8 Å². The molecule has 0 radical (unpaired) electrons. The topological polar surface area (TPSA) is 149 Å². The highest BCUT2D eigenvalue weighted by Gasteiger charge is 2.22. The van der Waals surface area contributed by atoms with Crippen LogP contribution in [0.1, 0.15) is 29.9 Å². The molecule has 0 fully saturated rings. The molecule has 0 aliphatic carbocycles. The monoisotopic (exact) mass is 544 g/mol. The molecule has 1 unspecified atom stereocenters. The second kappa shape index (κ2) is 9.87. The van der Waals surface area contributed by atoms with Crippen LogP contribution in [-0.4, -0.2) is 38.8 Å². The zero-order valence-electron chi connectivity index (χ0n) is 21.9. The van der Waals surface area contributed by atoms with E-state index in [1.807, 2.05) is 63.2 Å². The van der Waals surface area contributed by atoms with Crippen molar-refractivity contribution >= 4 is 32.9 Å². The van der Waals surface area contributed by atoms with Gasteiger partial charge in [-0.3, -0.25) is 14.1 Å². The van der Waals surface area contributed by atoms with E-state index >= 15 is 0 Å². The maximum atomic E-state index is 13.7. The molecule has 0 bridgehead atoms. The Hall–Kier alpha value is -4.71. The Kier molecular flexibility index (Phi) is 6.56.